The first-order chi connectivity index (χ1) is 7.16. The number of Topliss-reactive ketones (excluding diaryl/α,β-unsaturated/α-hetero) is 1. The molecule has 1 aliphatic heterocycles. The molecule has 0 aromatic heterocycles. The van der Waals surface area contributed by atoms with Crippen LogP contribution < -0.4 is 0 Å². The summed E-state index contributed by atoms with van der Waals surface area (Å²) in [6.45, 7) is 6.79. The highest BCUT2D eigenvalue weighted by atomic mass is 16.1. The highest BCUT2D eigenvalue weighted by Gasteiger charge is 2.30. The molecule has 0 radical (unpaired) electrons. The molecular weight excluding hydrogens is 186 g/mol. The van der Waals surface area contributed by atoms with E-state index in [0.717, 1.165) is 43.8 Å². The van der Waals surface area contributed by atoms with Gasteiger partial charge in [-0.1, -0.05) is 13.8 Å². The molecule has 2 fully saturated rings. The van der Waals surface area contributed by atoms with E-state index in [9.17, 15) is 4.79 Å². The van der Waals surface area contributed by atoms with Gasteiger partial charge in [0.05, 0.1) is 0 Å². The maximum Gasteiger partial charge on any atom is 0.135 e. The Morgan fingerprint density at radius 2 is 1.73 bits per heavy atom. The Labute approximate surface area is 93.0 Å². The zero-order valence-corrected chi connectivity index (χ0v) is 10.0. The predicted octanol–water partition coefficient (Wildman–Crippen LogP) is 2.48. The molecule has 0 aromatic carbocycles. The van der Waals surface area contributed by atoms with Gasteiger partial charge in [0.2, 0.25) is 0 Å². The van der Waals surface area contributed by atoms with Crippen molar-refractivity contribution in [2.24, 2.45) is 11.8 Å². The molecule has 1 aliphatic carbocycles. The maximum absolute atomic E-state index is 11.2. The zero-order valence-electron chi connectivity index (χ0n) is 10.0. The summed E-state index contributed by atoms with van der Waals surface area (Å²) in [5, 5.41) is 0. The van der Waals surface area contributed by atoms with Crippen molar-refractivity contribution in [3.8, 4) is 0 Å². The van der Waals surface area contributed by atoms with Crippen molar-refractivity contribution in [2.75, 3.05) is 13.1 Å². The Morgan fingerprint density at radius 1 is 1.07 bits per heavy atom. The minimum Gasteiger partial charge on any atom is -0.300 e. The molecule has 3 atom stereocenters. The van der Waals surface area contributed by atoms with Gasteiger partial charge in [0, 0.05) is 32.0 Å². The van der Waals surface area contributed by atoms with Crippen molar-refractivity contribution < 1.29 is 4.79 Å². The van der Waals surface area contributed by atoms with Crippen LogP contribution in [0.4, 0.5) is 0 Å². The maximum atomic E-state index is 11.2. The van der Waals surface area contributed by atoms with Crippen LogP contribution in [0.15, 0.2) is 0 Å². The number of rotatable bonds is 1. The lowest BCUT2D eigenvalue weighted by Crippen LogP contribution is -2.44. The zero-order chi connectivity index (χ0) is 10.8. The van der Waals surface area contributed by atoms with Gasteiger partial charge in [-0.15, -0.1) is 0 Å². The van der Waals surface area contributed by atoms with Gasteiger partial charge >= 0.3 is 0 Å². The third-order valence-corrected chi connectivity index (χ3v) is 4.44. The molecule has 2 nitrogen and oxygen atoms in total. The minimum atomic E-state index is 0.462. The van der Waals surface area contributed by atoms with Gasteiger partial charge in [-0.25, -0.2) is 0 Å². The van der Waals surface area contributed by atoms with E-state index >= 15 is 0 Å². The van der Waals surface area contributed by atoms with E-state index in [1.807, 2.05) is 0 Å². The Bertz CT molecular complexity index is 229. The van der Waals surface area contributed by atoms with E-state index < -0.39 is 0 Å². The van der Waals surface area contributed by atoms with Gasteiger partial charge in [-0.05, 0) is 31.1 Å². The van der Waals surface area contributed by atoms with Crippen LogP contribution >= 0.6 is 0 Å². The minimum absolute atomic E-state index is 0.462. The van der Waals surface area contributed by atoms with Crippen LogP contribution in [0.1, 0.15) is 46.0 Å². The summed E-state index contributed by atoms with van der Waals surface area (Å²) < 4.78 is 0. The molecule has 0 amide bonds. The first-order valence-corrected chi connectivity index (χ1v) is 6.42. The summed E-state index contributed by atoms with van der Waals surface area (Å²) >= 11 is 0. The average molecular weight is 209 g/mol. The van der Waals surface area contributed by atoms with Crippen LogP contribution in [0.2, 0.25) is 0 Å². The Hall–Kier alpha value is -0.370. The molecule has 3 unspecified atom stereocenters. The molecule has 0 N–H and O–H groups in total. The second-order valence-corrected chi connectivity index (χ2v) is 5.50. The molecule has 0 bridgehead atoms. The van der Waals surface area contributed by atoms with E-state index in [1.165, 1.54) is 19.3 Å². The van der Waals surface area contributed by atoms with E-state index in [2.05, 4.69) is 18.7 Å². The van der Waals surface area contributed by atoms with Crippen molar-refractivity contribution in [3.63, 3.8) is 0 Å². The summed E-state index contributed by atoms with van der Waals surface area (Å²) in [5.74, 6) is 2.22. The average Bonchev–Trinajstić information content (AvgIpc) is 2.23. The Balaban J connectivity index is 1.86. The number of nitrogens with zero attached hydrogens (tertiary/aromatic N) is 1. The van der Waals surface area contributed by atoms with Crippen LogP contribution in [-0.2, 0) is 4.79 Å². The molecular formula is C13H23NO. The molecule has 2 aliphatic rings. The summed E-state index contributed by atoms with van der Waals surface area (Å²) in [4.78, 5) is 13.7. The van der Waals surface area contributed by atoms with Crippen molar-refractivity contribution in [3.05, 3.63) is 0 Å². The van der Waals surface area contributed by atoms with Crippen molar-refractivity contribution in [1.82, 2.24) is 4.90 Å². The van der Waals surface area contributed by atoms with Crippen LogP contribution in [0, 0.1) is 11.8 Å². The summed E-state index contributed by atoms with van der Waals surface area (Å²) in [5.41, 5.74) is 0. The van der Waals surface area contributed by atoms with Crippen LogP contribution in [0.25, 0.3) is 0 Å². The monoisotopic (exact) mass is 209 g/mol. The van der Waals surface area contributed by atoms with E-state index in [-0.39, 0.29) is 0 Å². The second-order valence-electron chi connectivity index (χ2n) is 5.50. The molecule has 15 heavy (non-hydrogen) atoms. The molecule has 2 heteroatoms. The first kappa shape index (κ1) is 11.1. The number of ketones is 1. The smallest absolute Gasteiger partial charge is 0.135 e. The third kappa shape index (κ3) is 2.60. The molecule has 1 saturated carbocycles. The first-order valence-electron chi connectivity index (χ1n) is 6.42. The number of piperidine rings is 1. The Morgan fingerprint density at radius 3 is 2.33 bits per heavy atom. The fraction of sp³-hybridized carbons (Fsp3) is 0.923. The quantitative estimate of drug-likeness (QED) is 0.661. The Kier molecular flexibility index (Phi) is 3.45. The van der Waals surface area contributed by atoms with Gasteiger partial charge in [0.1, 0.15) is 5.78 Å². The largest absolute Gasteiger partial charge is 0.300 e. The normalized spacial score (nSPS) is 39.3. The fourth-order valence-corrected chi connectivity index (χ4v) is 2.99. The SMILES string of the molecule is CC1CCC(N2CCC(=O)CC2)CC1C. The van der Waals surface area contributed by atoms with Crippen molar-refractivity contribution >= 4 is 5.78 Å². The molecule has 1 heterocycles. The highest BCUT2D eigenvalue weighted by Crippen LogP contribution is 2.32. The van der Waals surface area contributed by atoms with Crippen LogP contribution in [0.3, 0.4) is 0 Å². The fourth-order valence-electron chi connectivity index (χ4n) is 2.99. The standard InChI is InChI=1S/C13H23NO/c1-10-3-4-12(9-11(10)2)14-7-5-13(15)6-8-14/h10-12H,3-9H2,1-2H3. The molecule has 86 valence electrons. The number of carbonyl (C=O) groups is 1. The van der Waals surface area contributed by atoms with E-state index in [4.69, 9.17) is 0 Å². The predicted molar refractivity (Wildman–Crippen MR) is 61.8 cm³/mol. The van der Waals surface area contributed by atoms with Gasteiger partial charge in [-0.3, -0.25) is 9.69 Å². The number of hydrogen-bond donors (Lipinski definition) is 0. The van der Waals surface area contributed by atoms with Gasteiger partial charge < -0.3 is 0 Å². The lowest BCUT2D eigenvalue weighted by molar-refractivity contribution is -0.122. The molecule has 0 spiro atoms. The van der Waals surface area contributed by atoms with E-state index in [0.29, 0.717) is 5.78 Å². The van der Waals surface area contributed by atoms with Crippen LogP contribution in [0.5, 0.6) is 0 Å². The molecule has 2 rings (SSSR count). The third-order valence-electron chi connectivity index (χ3n) is 4.44. The lowest BCUT2D eigenvalue weighted by atomic mass is 9.78. The number of carbonyl (C=O) groups excluding carboxylic acids is 1. The highest BCUT2D eigenvalue weighted by molar-refractivity contribution is 5.79. The lowest BCUT2D eigenvalue weighted by Gasteiger charge is -2.40. The molecule has 0 aromatic rings. The summed E-state index contributed by atoms with van der Waals surface area (Å²) in [6, 6.07) is 0.768. The van der Waals surface area contributed by atoms with Crippen molar-refractivity contribution in [2.45, 2.75) is 52.0 Å². The van der Waals surface area contributed by atoms with Gasteiger partial charge in [-0.2, -0.15) is 0 Å². The number of hydrogen-bond acceptors (Lipinski definition) is 2. The number of likely N-dealkylation sites (tertiary alicyclic amines) is 1. The van der Waals surface area contributed by atoms with E-state index in [1.54, 1.807) is 0 Å². The van der Waals surface area contributed by atoms with Crippen LogP contribution in [-0.4, -0.2) is 29.8 Å². The summed E-state index contributed by atoms with van der Waals surface area (Å²) in [7, 11) is 0. The summed E-state index contributed by atoms with van der Waals surface area (Å²) in [6.07, 6.45) is 5.65. The van der Waals surface area contributed by atoms with Gasteiger partial charge in [0.25, 0.3) is 0 Å². The molecule has 1 saturated heterocycles. The second kappa shape index (κ2) is 4.65. The van der Waals surface area contributed by atoms with Crippen molar-refractivity contribution in [1.29, 1.82) is 0 Å². The van der Waals surface area contributed by atoms with Gasteiger partial charge in [0.15, 0.2) is 0 Å². The topological polar surface area (TPSA) is 20.3 Å².